The second kappa shape index (κ2) is 8.69. The summed E-state index contributed by atoms with van der Waals surface area (Å²) >= 11 is 1.56. The minimum Gasteiger partial charge on any atom is -0.340 e. The first-order valence-electron chi connectivity index (χ1n) is 5.60. The van der Waals surface area contributed by atoms with Crippen LogP contribution in [-0.4, -0.2) is 35.4 Å². The van der Waals surface area contributed by atoms with Gasteiger partial charge in [-0.15, -0.1) is 36.2 Å². The van der Waals surface area contributed by atoms with Crippen LogP contribution in [0.4, 0.5) is 0 Å². The number of halogens is 2. The lowest BCUT2D eigenvalue weighted by Crippen LogP contribution is -2.33. The summed E-state index contributed by atoms with van der Waals surface area (Å²) in [5.74, 6) is 0.201. The molecule has 0 aliphatic carbocycles. The van der Waals surface area contributed by atoms with Crippen LogP contribution in [0.1, 0.15) is 25.0 Å². The van der Waals surface area contributed by atoms with E-state index in [1.165, 1.54) is 6.42 Å². The molecule has 0 saturated carbocycles. The molecular formula is C11H19Cl2N3OS. The van der Waals surface area contributed by atoms with Gasteiger partial charge in [0.1, 0.15) is 0 Å². The maximum atomic E-state index is 11.9. The summed E-state index contributed by atoms with van der Waals surface area (Å²) < 4.78 is 0. The van der Waals surface area contributed by atoms with E-state index in [0.29, 0.717) is 19.0 Å². The van der Waals surface area contributed by atoms with Crippen molar-refractivity contribution < 1.29 is 4.79 Å². The van der Waals surface area contributed by atoms with Crippen LogP contribution in [-0.2, 0) is 11.3 Å². The van der Waals surface area contributed by atoms with Gasteiger partial charge in [-0.25, -0.2) is 4.98 Å². The van der Waals surface area contributed by atoms with Gasteiger partial charge >= 0.3 is 0 Å². The lowest BCUT2D eigenvalue weighted by Gasteiger charge is -2.18. The first-order valence-corrected chi connectivity index (χ1v) is 6.54. The Balaban J connectivity index is 0.00000144. The molecule has 0 spiro atoms. The minimum atomic E-state index is 0. The summed E-state index contributed by atoms with van der Waals surface area (Å²) in [7, 11) is 1.84. The highest BCUT2D eigenvalue weighted by molar-refractivity contribution is 7.07. The summed E-state index contributed by atoms with van der Waals surface area (Å²) in [5, 5.41) is 5.32. The summed E-state index contributed by atoms with van der Waals surface area (Å²) in [6.45, 7) is 1.67. The third kappa shape index (κ3) is 5.10. The number of nitrogens with one attached hydrogen (secondary N) is 1. The molecule has 18 heavy (non-hydrogen) atoms. The number of rotatable bonds is 4. The molecule has 2 rings (SSSR count). The van der Waals surface area contributed by atoms with Crippen molar-refractivity contribution in [1.29, 1.82) is 0 Å². The Morgan fingerprint density at radius 3 is 2.94 bits per heavy atom. The second-order valence-corrected chi connectivity index (χ2v) is 4.95. The van der Waals surface area contributed by atoms with Crippen molar-refractivity contribution in [2.75, 3.05) is 13.6 Å². The van der Waals surface area contributed by atoms with Gasteiger partial charge in [-0.1, -0.05) is 0 Å². The third-order valence-electron chi connectivity index (χ3n) is 2.89. The fourth-order valence-electron chi connectivity index (χ4n) is 1.94. The number of nitrogens with zero attached hydrogens (tertiary/aromatic N) is 2. The molecule has 1 amide bonds. The molecule has 1 unspecified atom stereocenters. The predicted octanol–water partition coefficient (Wildman–Crippen LogP) is 2.09. The SMILES string of the molecule is CN(Cc1cscn1)C(=O)CC1CCCN1.Cl.Cl. The zero-order valence-corrected chi connectivity index (χ0v) is 12.7. The Kier molecular flexibility index (Phi) is 8.52. The van der Waals surface area contributed by atoms with Crippen LogP contribution in [0.25, 0.3) is 0 Å². The molecule has 1 atom stereocenters. The van der Waals surface area contributed by atoms with Crippen molar-refractivity contribution in [3.8, 4) is 0 Å². The number of carbonyl (C=O) groups excluding carboxylic acids is 1. The lowest BCUT2D eigenvalue weighted by molar-refractivity contribution is -0.130. The third-order valence-corrected chi connectivity index (χ3v) is 3.53. The molecule has 4 nitrogen and oxygen atoms in total. The van der Waals surface area contributed by atoms with Gasteiger partial charge in [-0.3, -0.25) is 4.79 Å². The zero-order valence-electron chi connectivity index (χ0n) is 10.3. The predicted molar refractivity (Wildman–Crippen MR) is 78.7 cm³/mol. The summed E-state index contributed by atoms with van der Waals surface area (Å²) in [4.78, 5) is 17.8. The zero-order chi connectivity index (χ0) is 11.4. The van der Waals surface area contributed by atoms with Crippen LogP contribution >= 0.6 is 36.2 Å². The van der Waals surface area contributed by atoms with Gasteiger partial charge in [0.05, 0.1) is 17.7 Å². The molecule has 1 aliphatic rings. The van der Waals surface area contributed by atoms with E-state index in [-0.39, 0.29) is 30.7 Å². The molecule has 1 aromatic rings. The van der Waals surface area contributed by atoms with E-state index < -0.39 is 0 Å². The molecular weight excluding hydrogens is 293 g/mol. The summed E-state index contributed by atoms with van der Waals surface area (Å²) in [6, 6.07) is 0.380. The molecule has 1 fully saturated rings. The maximum absolute atomic E-state index is 11.9. The highest BCUT2D eigenvalue weighted by atomic mass is 35.5. The van der Waals surface area contributed by atoms with Crippen LogP contribution in [0, 0.1) is 0 Å². The molecule has 1 aromatic heterocycles. The van der Waals surface area contributed by atoms with E-state index >= 15 is 0 Å². The molecule has 0 aromatic carbocycles. The van der Waals surface area contributed by atoms with Gasteiger partial charge < -0.3 is 10.2 Å². The van der Waals surface area contributed by atoms with E-state index in [0.717, 1.165) is 18.7 Å². The van der Waals surface area contributed by atoms with Crippen LogP contribution in [0.5, 0.6) is 0 Å². The molecule has 0 radical (unpaired) electrons. The average molecular weight is 312 g/mol. The smallest absolute Gasteiger partial charge is 0.224 e. The summed E-state index contributed by atoms with van der Waals surface area (Å²) in [5.41, 5.74) is 2.77. The topological polar surface area (TPSA) is 45.2 Å². The van der Waals surface area contributed by atoms with Crippen LogP contribution in [0.2, 0.25) is 0 Å². The summed E-state index contributed by atoms with van der Waals surface area (Å²) in [6.07, 6.45) is 2.92. The van der Waals surface area contributed by atoms with Gasteiger partial charge in [-0.2, -0.15) is 0 Å². The molecule has 7 heteroatoms. The molecule has 1 saturated heterocycles. The van der Waals surface area contributed by atoms with E-state index in [1.54, 1.807) is 21.7 Å². The molecule has 1 N–H and O–H groups in total. The van der Waals surface area contributed by atoms with Crippen molar-refractivity contribution in [2.45, 2.75) is 31.8 Å². The van der Waals surface area contributed by atoms with Crippen molar-refractivity contribution >= 4 is 42.1 Å². The highest BCUT2D eigenvalue weighted by Gasteiger charge is 2.19. The first kappa shape index (κ1) is 17.6. The fourth-order valence-corrected chi connectivity index (χ4v) is 2.49. The highest BCUT2D eigenvalue weighted by Crippen LogP contribution is 2.11. The van der Waals surface area contributed by atoms with Crippen LogP contribution in [0.15, 0.2) is 10.9 Å². The van der Waals surface area contributed by atoms with Gasteiger partial charge in [0.2, 0.25) is 5.91 Å². The molecule has 0 bridgehead atoms. The van der Waals surface area contributed by atoms with Gasteiger partial charge in [0.25, 0.3) is 0 Å². The van der Waals surface area contributed by atoms with Crippen LogP contribution < -0.4 is 5.32 Å². The van der Waals surface area contributed by atoms with Gasteiger partial charge in [-0.05, 0) is 19.4 Å². The lowest BCUT2D eigenvalue weighted by atomic mass is 10.1. The van der Waals surface area contributed by atoms with Crippen molar-refractivity contribution in [3.63, 3.8) is 0 Å². The normalized spacial score (nSPS) is 17.7. The maximum Gasteiger partial charge on any atom is 0.224 e. The molecule has 1 aliphatic heterocycles. The Labute approximate surface area is 124 Å². The Morgan fingerprint density at radius 1 is 1.61 bits per heavy atom. The average Bonchev–Trinajstić information content (AvgIpc) is 2.90. The molecule has 2 heterocycles. The monoisotopic (exact) mass is 311 g/mol. The molecule has 104 valence electrons. The van der Waals surface area contributed by atoms with Gasteiger partial charge in [0.15, 0.2) is 0 Å². The number of hydrogen-bond donors (Lipinski definition) is 1. The Morgan fingerprint density at radius 2 is 2.39 bits per heavy atom. The van der Waals surface area contributed by atoms with E-state index in [1.807, 2.05) is 12.4 Å². The van der Waals surface area contributed by atoms with Crippen molar-refractivity contribution in [1.82, 2.24) is 15.2 Å². The largest absolute Gasteiger partial charge is 0.340 e. The fraction of sp³-hybridized carbons (Fsp3) is 0.636. The van der Waals surface area contributed by atoms with Crippen molar-refractivity contribution in [3.05, 3.63) is 16.6 Å². The quantitative estimate of drug-likeness (QED) is 0.926. The Hall–Kier alpha value is -0.360. The Bertz CT molecular complexity index is 342. The van der Waals surface area contributed by atoms with Crippen molar-refractivity contribution in [2.24, 2.45) is 0 Å². The number of amides is 1. The number of hydrogen-bond acceptors (Lipinski definition) is 4. The van der Waals surface area contributed by atoms with E-state index in [2.05, 4.69) is 10.3 Å². The standard InChI is InChI=1S/C11H17N3OS.2ClH/c1-14(6-10-7-16-8-13-10)11(15)5-9-3-2-4-12-9;;/h7-9,12H,2-6H2,1H3;2*1H. The first-order chi connectivity index (χ1) is 7.75. The van der Waals surface area contributed by atoms with Gasteiger partial charge in [0, 0.05) is 24.9 Å². The second-order valence-electron chi connectivity index (χ2n) is 4.23. The number of aromatic nitrogens is 1. The van der Waals surface area contributed by atoms with E-state index in [9.17, 15) is 4.79 Å². The van der Waals surface area contributed by atoms with Crippen LogP contribution in [0.3, 0.4) is 0 Å². The van der Waals surface area contributed by atoms with E-state index in [4.69, 9.17) is 0 Å². The minimum absolute atomic E-state index is 0. The number of carbonyl (C=O) groups is 1. The number of thiazole rings is 1.